The Morgan fingerprint density at radius 1 is 0.900 bits per heavy atom. The minimum Gasteiger partial charge on any atom is -0.367 e. The highest BCUT2D eigenvalue weighted by Crippen LogP contribution is 2.20. The van der Waals surface area contributed by atoms with Gasteiger partial charge < -0.3 is 4.90 Å². The Kier molecular flexibility index (Phi) is 6.80. The molecule has 1 aliphatic heterocycles. The van der Waals surface area contributed by atoms with Crippen LogP contribution in [-0.2, 0) is 12.8 Å². The van der Waals surface area contributed by atoms with Gasteiger partial charge in [-0.1, -0.05) is 43.7 Å². The van der Waals surface area contributed by atoms with E-state index in [-0.39, 0.29) is 5.82 Å². The summed E-state index contributed by atoms with van der Waals surface area (Å²) >= 11 is 0. The molecule has 0 spiro atoms. The van der Waals surface area contributed by atoms with Crippen molar-refractivity contribution >= 4 is 5.69 Å². The summed E-state index contributed by atoms with van der Waals surface area (Å²) in [5, 5.41) is 4.85. The van der Waals surface area contributed by atoms with E-state index >= 15 is 0 Å². The van der Waals surface area contributed by atoms with Gasteiger partial charge in [-0.2, -0.15) is 5.10 Å². The first-order valence-electron chi connectivity index (χ1n) is 11.1. The third-order valence-corrected chi connectivity index (χ3v) is 5.81. The van der Waals surface area contributed by atoms with Gasteiger partial charge in [-0.3, -0.25) is 4.90 Å². The molecule has 0 radical (unpaired) electrons. The largest absolute Gasteiger partial charge is 0.367 e. The third-order valence-electron chi connectivity index (χ3n) is 5.81. The molecule has 4 nitrogen and oxygen atoms in total. The van der Waals surface area contributed by atoms with Crippen LogP contribution in [0.4, 0.5) is 10.1 Å². The predicted molar refractivity (Wildman–Crippen MR) is 121 cm³/mol. The number of para-hydroxylation sites is 2. The van der Waals surface area contributed by atoms with Crippen molar-refractivity contribution in [2.45, 2.75) is 32.6 Å². The lowest BCUT2D eigenvalue weighted by Gasteiger charge is -2.36. The lowest BCUT2D eigenvalue weighted by molar-refractivity contribution is 0.254. The Morgan fingerprint density at radius 2 is 1.63 bits per heavy atom. The number of hydrogen-bond acceptors (Lipinski definition) is 3. The molecule has 2 aromatic carbocycles. The van der Waals surface area contributed by atoms with Crippen molar-refractivity contribution in [2.24, 2.45) is 0 Å². The zero-order valence-corrected chi connectivity index (χ0v) is 17.8. The normalized spacial score (nSPS) is 14.9. The molecule has 0 amide bonds. The average Bonchev–Trinajstić information content (AvgIpc) is 3.18. The van der Waals surface area contributed by atoms with Crippen LogP contribution in [0, 0.1) is 5.82 Å². The molecule has 2 heterocycles. The summed E-state index contributed by atoms with van der Waals surface area (Å²) in [5.41, 5.74) is 4.32. The summed E-state index contributed by atoms with van der Waals surface area (Å²) in [6.45, 7) is 6.98. The molecule has 1 saturated heterocycles. The smallest absolute Gasteiger partial charge is 0.146 e. The second-order valence-corrected chi connectivity index (χ2v) is 8.01. The number of aromatic nitrogens is 2. The molecule has 1 fully saturated rings. The molecule has 4 rings (SSSR count). The molecule has 0 atom stereocenters. The van der Waals surface area contributed by atoms with Crippen molar-refractivity contribution in [3.05, 3.63) is 77.9 Å². The standard InChI is InChI=1S/C25H31FN4/c1-2-9-21-20-23(30(27-21)22-10-4-3-5-11-22)12-8-15-28-16-18-29(19-17-28)25-14-7-6-13-24(25)26/h3-7,10-11,13-14,20H,2,8-9,12,15-19H2,1H3. The van der Waals surface area contributed by atoms with Crippen molar-refractivity contribution in [3.8, 4) is 5.69 Å². The molecule has 1 aromatic heterocycles. The van der Waals surface area contributed by atoms with E-state index in [1.54, 1.807) is 12.1 Å². The summed E-state index contributed by atoms with van der Waals surface area (Å²) in [5.74, 6) is -0.122. The highest BCUT2D eigenvalue weighted by atomic mass is 19.1. The van der Waals surface area contributed by atoms with E-state index in [0.717, 1.165) is 69.8 Å². The fraction of sp³-hybridized carbons (Fsp3) is 0.400. The van der Waals surface area contributed by atoms with Gasteiger partial charge >= 0.3 is 0 Å². The summed E-state index contributed by atoms with van der Waals surface area (Å²) < 4.78 is 16.1. The van der Waals surface area contributed by atoms with Gasteiger partial charge in [0.1, 0.15) is 5.82 Å². The van der Waals surface area contributed by atoms with Gasteiger partial charge in [0.2, 0.25) is 0 Å². The molecular formula is C25H31FN4. The molecule has 0 saturated carbocycles. The van der Waals surface area contributed by atoms with Crippen LogP contribution in [0.15, 0.2) is 60.7 Å². The van der Waals surface area contributed by atoms with E-state index in [2.05, 4.69) is 51.7 Å². The molecule has 0 aliphatic carbocycles. The van der Waals surface area contributed by atoms with Crippen LogP contribution >= 0.6 is 0 Å². The minimum atomic E-state index is -0.122. The SMILES string of the molecule is CCCc1cc(CCCN2CCN(c3ccccc3F)CC2)n(-c2ccccc2)n1. The zero-order chi connectivity index (χ0) is 20.8. The van der Waals surface area contributed by atoms with Crippen molar-refractivity contribution < 1.29 is 4.39 Å². The maximum absolute atomic E-state index is 14.0. The van der Waals surface area contributed by atoms with Gasteiger partial charge in [0.05, 0.1) is 17.1 Å². The van der Waals surface area contributed by atoms with Crippen LogP contribution in [0.25, 0.3) is 5.69 Å². The van der Waals surface area contributed by atoms with Crippen LogP contribution in [0.5, 0.6) is 0 Å². The van der Waals surface area contributed by atoms with E-state index < -0.39 is 0 Å². The maximum atomic E-state index is 14.0. The number of anilines is 1. The molecule has 0 unspecified atom stereocenters. The topological polar surface area (TPSA) is 24.3 Å². The molecule has 30 heavy (non-hydrogen) atoms. The first-order valence-corrected chi connectivity index (χ1v) is 11.1. The number of piperazine rings is 1. The Bertz CT molecular complexity index is 929. The van der Waals surface area contributed by atoms with Crippen molar-refractivity contribution in [2.75, 3.05) is 37.6 Å². The summed E-state index contributed by atoms with van der Waals surface area (Å²) in [4.78, 5) is 4.65. The van der Waals surface area contributed by atoms with Crippen LogP contribution < -0.4 is 4.90 Å². The fourth-order valence-corrected chi connectivity index (χ4v) is 4.23. The Hall–Kier alpha value is -2.66. The van der Waals surface area contributed by atoms with Crippen molar-refractivity contribution in [1.29, 1.82) is 0 Å². The molecule has 1 aliphatic rings. The molecule has 158 valence electrons. The van der Waals surface area contributed by atoms with E-state index in [1.165, 1.54) is 11.4 Å². The second-order valence-electron chi connectivity index (χ2n) is 8.01. The van der Waals surface area contributed by atoms with Crippen molar-refractivity contribution in [1.82, 2.24) is 14.7 Å². The van der Waals surface area contributed by atoms with Crippen LogP contribution in [0.3, 0.4) is 0 Å². The van der Waals surface area contributed by atoms with Gasteiger partial charge in [0.25, 0.3) is 0 Å². The summed E-state index contributed by atoms with van der Waals surface area (Å²) in [6.07, 6.45) is 4.24. The fourth-order valence-electron chi connectivity index (χ4n) is 4.23. The highest BCUT2D eigenvalue weighted by molar-refractivity contribution is 5.48. The van der Waals surface area contributed by atoms with Gasteiger partial charge in [0, 0.05) is 31.9 Å². The number of nitrogens with zero attached hydrogens (tertiary/aromatic N) is 4. The number of halogens is 1. The molecule has 5 heteroatoms. The van der Waals surface area contributed by atoms with E-state index in [4.69, 9.17) is 5.10 Å². The van der Waals surface area contributed by atoms with Crippen LogP contribution in [0.1, 0.15) is 31.2 Å². The van der Waals surface area contributed by atoms with Crippen molar-refractivity contribution in [3.63, 3.8) is 0 Å². The summed E-state index contributed by atoms with van der Waals surface area (Å²) in [6, 6.07) is 19.8. The number of hydrogen-bond donors (Lipinski definition) is 0. The zero-order valence-electron chi connectivity index (χ0n) is 17.8. The third kappa shape index (κ3) is 4.90. The van der Waals surface area contributed by atoms with Crippen LogP contribution in [-0.4, -0.2) is 47.4 Å². The first-order chi connectivity index (χ1) is 14.7. The lowest BCUT2D eigenvalue weighted by Crippen LogP contribution is -2.47. The number of rotatable bonds is 8. The van der Waals surface area contributed by atoms with Gasteiger partial charge in [-0.05, 0) is 56.1 Å². The van der Waals surface area contributed by atoms with E-state index in [1.807, 2.05) is 18.2 Å². The number of benzene rings is 2. The minimum absolute atomic E-state index is 0.122. The Balaban J connectivity index is 1.32. The molecular weight excluding hydrogens is 375 g/mol. The Labute approximate surface area is 178 Å². The number of aryl methyl sites for hydroxylation is 2. The predicted octanol–water partition coefficient (Wildman–Crippen LogP) is 4.72. The summed E-state index contributed by atoms with van der Waals surface area (Å²) in [7, 11) is 0. The highest BCUT2D eigenvalue weighted by Gasteiger charge is 2.19. The quantitative estimate of drug-likeness (QED) is 0.541. The van der Waals surface area contributed by atoms with Gasteiger partial charge in [-0.25, -0.2) is 9.07 Å². The van der Waals surface area contributed by atoms with Gasteiger partial charge in [0.15, 0.2) is 0 Å². The molecule has 0 bridgehead atoms. The Morgan fingerprint density at radius 3 is 2.37 bits per heavy atom. The molecule has 0 N–H and O–H groups in total. The lowest BCUT2D eigenvalue weighted by atomic mass is 10.1. The first kappa shape index (κ1) is 20.6. The molecule has 3 aromatic rings. The monoisotopic (exact) mass is 406 g/mol. The van der Waals surface area contributed by atoms with Crippen LogP contribution in [0.2, 0.25) is 0 Å². The van der Waals surface area contributed by atoms with E-state index in [9.17, 15) is 4.39 Å². The maximum Gasteiger partial charge on any atom is 0.146 e. The second kappa shape index (κ2) is 9.90. The average molecular weight is 407 g/mol. The van der Waals surface area contributed by atoms with Gasteiger partial charge in [-0.15, -0.1) is 0 Å². The van der Waals surface area contributed by atoms with E-state index in [0.29, 0.717) is 0 Å².